The van der Waals surface area contributed by atoms with Gasteiger partial charge in [0.15, 0.2) is 0 Å². The van der Waals surface area contributed by atoms with Crippen LogP contribution in [0.2, 0.25) is 0 Å². The van der Waals surface area contributed by atoms with Crippen molar-refractivity contribution in [2.45, 2.75) is 0 Å². The number of nitrogens with zero attached hydrogens (tertiary/aromatic N) is 2. The zero-order valence-electron chi connectivity index (χ0n) is 16.2. The first-order valence-corrected chi connectivity index (χ1v) is 9.11. The lowest BCUT2D eigenvalue weighted by molar-refractivity contribution is -0.384. The minimum atomic E-state index is -0.784. The van der Waals surface area contributed by atoms with E-state index in [4.69, 9.17) is 9.47 Å². The van der Waals surface area contributed by atoms with Crippen LogP contribution in [0.1, 0.15) is 10.4 Å². The van der Waals surface area contributed by atoms with Gasteiger partial charge in [-0.15, -0.1) is 0 Å². The van der Waals surface area contributed by atoms with Crippen LogP contribution in [0.25, 0.3) is 22.3 Å². The fourth-order valence-electron chi connectivity index (χ4n) is 3.07. The molecule has 154 valence electrons. The van der Waals surface area contributed by atoms with E-state index in [-0.39, 0.29) is 28.4 Å². The topological polar surface area (TPSA) is 124 Å². The van der Waals surface area contributed by atoms with E-state index in [0.29, 0.717) is 22.2 Å². The normalized spacial score (nSPS) is 10.6. The number of aromatic amines is 1. The van der Waals surface area contributed by atoms with Crippen molar-refractivity contribution in [3.05, 3.63) is 92.8 Å². The molecule has 0 bridgehead atoms. The van der Waals surface area contributed by atoms with Gasteiger partial charge in [-0.25, -0.2) is 9.78 Å². The molecule has 4 rings (SSSR count). The number of para-hydroxylation sites is 2. The van der Waals surface area contributed by atoms with Gasteiger partial charge < -0.3 is 14.5 Å². The van der Waals surface area contributed by atoms with Crippen molar-refractivity contribution in [1.29, 1.82) is 0 Å². The Hall–Kier alpha value is -4.53. The van der Waals surface area contributed by atoms with E-state index in [0.717, 1.165) is 6.07 Å². The Morgan fingerprint density at radius 3 is 2.55 bits per heavy atom. The molecule has 4 aromatic rings. The first-order chi connectivity index (χ1) is 15.0. The third kappa shape index (κ3) is 3.84. The predicted octanol–water partition coefficient (Wildman–Crippen LogP) is 4.08. The number of nitro groups is 1. The van der Waals surface area contributed by atoms with Gasteiger partial charge in [0.1, 0.15) is 22.9 Å². The number of carbonyl (C=O) groups excluding carboxylic acids is 1. The summed E-state index contributed by atoms with van der Waals surface area (Å²) in [6.07, 6.45) is 0. The third-order valence-electron chi connectivity index (χ3n) is 4.55. The van der Waals surface area contributed by atoms with Crippen LogP contribution < -0.4 is 10.3 Å². The van der Waals surface area contributed by atoms with Crippen LogP contribution in [0.15, 0.2) is 71.5 Å². The van der Waals surface area contributed by atoms with Gasteiger partial charge in [0.05, 0.1) is 28.5 Å². The number of H-pyrrole nitrogens is 1. The second-order valence-corrected chi connectivity index (χ2v) is 6.46. The van der Waals surface area contributed by atoms with Crippen molar-refractivity contribution >= 4 is 22.6 Å². The number of aromatic nitrogens is 2. The molecule has 0 radical (unpaired) electrons. The molecule has 1 N–H and O–H groups in total. The Bertz CT molecular complexity index is 1380. The molecule has 9 nitrogen and oxygen atoms in total. The zero-order valence-corrected chi connectivity index (χ0v) is 16.2. The molecule has 0 unspecified atom stereocenters. The van der Waals surface area contributed by atoms with Crippen LogP contribution in [0.5, 0.6) is 11.5 Å². The Kier molecular flexibility index (Phi) is 5.15. The van der Waals surface area contributed by atoms with Gasteiger partial charge in [-0.05, 0) is 30.3 Å². The van der Waals surface area contributed by atoms with E-state index in [2.05, 4.69) is 9.97 Å². The van der Waals surface area contributed by atoms with Gasteiger partial charge in [0.2, 0.25) is 0 Å². The summed E-state index contributed by atoms with van der Waals surface area (Å²) in [6.45, 7) is 0. The third-order valence-corrected chi connectivity index (χ3v) is 4.55. The average Bonchev–Trinajstić information content (AvgIpc) is 2.79. The second-order valence-electron chi connectivity index (χ2n) is 6.46. The molecule has 0 saturated carbocycles. The largest absolute Gasteiger partial charge is 0.465 e. The minimum absolute atomic E-state index is 0.0630. The van der Waals surface area contributed by atoms with Crippen LogP contribution in [0, 0.1) is 10.1 Å². The summed E-state index contributed by atoms with van der Waals surface area (Å²) < 4.78 is 10.6. The fourth-order valence-corrected chi connectivity index (χ4v) is 3.07. The van der Waals surface area contributed by atoms with Gasteiger partial charge in [-0.3, -0.25) is 14.9 Å². The van der Waals surface area contributed by atoms with Gasteiger partial charge in [-0.1, -0.05) is 24.3 Å². The summed E-state index contributed by atoms with van der Waals surface area (Å²) in [6, 6.07) is 17.3. The molecule has 0 spiro atoms. The predicted molar refractivity (Wildman–Crippen MR) is 112 cm³/mol. The van der Waals surface area contributed by atoms with Crippen LogP contribution >= 0.6 is 0 Å². The highest BCUT2D eigenvalue weighted by molar-refractivity contribution is 5.93. The van der Waals surface area contributed by atoms with E-state index in [1.165, 1.54) is 19.2 Å². The van der Waals surface area contributed by atoms with Crippen molar-refractivity contribution in [1.82, 2.24) is 9.97 Å². The highest BCUT2D eigenvalue weighted by atomic mass is 16.6. The second kappa shape index (κ2) is 8.07. The number of ether oxygens (including phenoxy) is 2. The van der Waals surface area contributed by atoms with E-state index in [1.807, 2.05) is 0 Å². The number of rotatable bonds is 5. The number of fused-ring (bicyclic) bond motifs is 1. The molecule has 0 fully saturated rings. The quantitative estimate of drug-likeness (QED) is 0.295. The fraction of sp³-hybridized carbons (Fsp3) is 0.0455. The Labute approximate surface area is 175 Å². The van der Waals surface area contributed by atoms with Crippen molar-refractivity contribution in [2.24, 2.45) is 0 Å². The molecule has 1 aromatic heterocycles. The molecule has 0 atom stereocenters. The smallest absolute Gasteiger partial charge is 0.341 e. The summed E-state index contributed by atoms with van der Waals surface area (Å²) in [5.41, 5.74) is 0.301. The maximum atomic E-state index is 12.5. The van der Waals surface area contributed by atoms with E-state index in [9.17, 15) is 19.7 Å². The summed E-state index contributed by atoms with van der Waals surface area (Å²) in [4.78, 5) is 42.3. The molecule has 0 amide bonds. The maximum absolute atomic E-state index is 12.5. The molecule has 31 heavy (non-hydrogen) atoms. The number of methoxy groups -OCH3 is 1. The number of carbonyl (C=O) groups is 1. The van der Waals surface area contributed by atoms with E-state index in [1.54, 1.807) is 48.5 Å². The van der Waals surface area contributed by atoms with E-state index < -0.39 is 10.9 Å². The number of non-ortho nitro benzene ring substituents is 1. The van der Waals surface area contributed by atoms with Crippen molar-refractivity contribution in [2.75, 3.05) is 7.11 Å². The number of esters is 1. The van der Waals surface area contributed by atoms with Gasteiger partial charge >= 0.3 is 5.97 Å². The average molecular weight is 417 g/mol. The summed E-state index contributed by atoms with van der Waals surface area (Å²) in [5.74, 6) is -0.151. The molecule has 0 aliphatic heterocycles. The molecular formula is C22H15N3O6. The van der Waals surface area contributed by atoms with Crippen LogP contribution in [-0.4, -0.2) is 28.0 Å². The van der Waals surface area contributed by atoms with E-state index >= 15 is 0 Å². The van der Waals surface area contributed by atoms with Crippen LogP contribution in [0.3, 0.4) is 0 Å². The Morgan fingerprint density at radius 1 is 1.03 bits per heavy atom. The van der Waals surface area contributed by atoms with Crippen molar-refractivity contribution in [3.63, 3.8) is 0 Å². The van der Waals surface area contributed by atoms with Gasteiger partial charge in [0, 0.05) is 12.1 Å². The summed E-state index contributed by atoms with van der Waals surface area (Å²) in [5, 5.41) is 11.5. The van der Waals surface area contributed by atoms with Crippen LogP contribution in [0.4, 0.5) is 5.69 Å². The van der Waals surface area contributed by atoms with Crippen LogP contribution in [-0.2, 0) is 4.74 Å². The monoisotopic (exact) mass is 417 g/mol. The number of hydrogen-bond acceptors (Lipinski definition) is 7. The number of hydrogen-bond donors (Lipinski definition) is 1. The first kappa shape index (κ1) is 19.8. The lowest BCUT2D eigenvalue weighted by Gasteiger charge is -2.13. The Morgan fingerprint density at radius 2 is 1.77 bits per heavy atom. The number of benzene rings is 3. The molecule has 0 saturated heterocycles. The molecule has 9 heteroatoms. The van der Waals surface area contributed by atoms with Crippen molar-refractivity contribution < 1.29 is 19.2 Å². The summed E-state index contributed by atoms with van der Waals surface area (Å²) in [7, 11) is 1.17. The van der Waals surface area contributed by atoms with Crippen molar-refractivity contribution in [3.8, 4) is 22.9 Å². The molecule has 3 aromatic carbocycles. The highest BCUT2D eigenvalue weighted by Gasteiger charge is 2.20. The Balaban J connectivity index is 1.82. The lowest BCUT2D eigenvalue weighted by atomic mass is 10.1. The molecular weight excluding hydrogens is 402 g/mol. The molecule has 1 heterocycles. The molecule has 0 aliphatic rings. The van der Waals surface area contributed by atoms with Gasteiger partial charge in [0.25, 0.3) is 11.2 Å². The van der Waals surface area contributed by atoms with Gasteiger partial charge in [-0.2, -0.15) is 0 Å². The number of nitro benzene ring substituents is 1. The minimum Gasteiger partial charge on any atom is -0.465 e. The zero-order chi connectivity index (χ0) is 22.0. The maximum Gasteiger partial charge on any atom is 0.341 e. The highest BCUT2D eigenvalue weighted by Crippen LogP contribution is 2.34. The first-order valence-electron chi connectivity index (χ1n) is 9.11. The molecule has 0 aliphatic carbocycles. The standard InChI is InChI=1S/C22H15N3O6/c1-30-22(27)16-12-13(25(28)29)10-11-19(16)31-18-9-5-3-7-15(18)20-23-17-8-4-2-6-14(17)21(26)24-20/h2-12H,1H3,(H,23,24,26). The SMILES string of the molecule is COC(=O)c1cc([N+](=O)[O-])ccc1Oc1ccccc1-c1nc2ccccc2c(=O)[nH]1. The number of nitrogens with one attached hydrogen (secondary N) is 1. The lowest BCUT2D eigenvalue weighted by Crippen LogP contribution is -2.10. The summed E-state index contributed by atoms with van der Waals surface area (Å²) >= 11 is 0.